The zero-order chi connectivity index (χ0) is 13.5. The van der Waals surface area contributed by atoms with Gasteiger partial charge >= 0.3 is 5.97 Å². The molecular formula is C11H13BFNO4. The maximum atomic E-state index is 13.0. The molecule has 5 nitrogen and oxygen atoms in total. The van der Waals surface area contributed by atoms with Crippen molar-refractivity contribution >= 4 is 25.2 Å². The summed E-state index contributed by atoms with van der Waals surface area (Å²) in [5.41, 5.74) is 1.27. The van der Waals surface area contributed by atoms with Crippen molar-refractivity contribution in [2.24, 2.45) is 0 Å². The van der Waals surface area contributed by atoms with E-state index in [1.165, 1.54) is 6.07 Å². The molecule has 1 aromatic carbocycles. The third kappa shape index (κ3) is 4.96. The van der Waals surface area contributed by atoms with E-state index in [4.69, 9.17) is 5.11 Å². The Balaban J connectivity index is 2.33. The fourth-order valence-corrected chi connectivity index (χ4v) is 1.30. The van der Waals surface area contributed by atoms with Gasteiger partial charge in [0.1, 0.15) is 26.9 Å². The number of benzene rings is 1. The molecule has 1 aromatic rings. The number of rotatable bonds is 6. The summed E-state index contributed by atoms with van der Waals surface area (Å²) in [7, 11) is 1.64. The topological polar surface area (TPSA) is 75.6 Å². The van der Waals surface area contributed by atoms with Crippen molar-refractivity contribution in [2.45, 2.75) is 6.54 Å². The predicted octanol–water partition coefficient (Wildman–Crippen LogP) is -1.20. The summed E-state index contributed by atoms with van der Waals surface area (Å²) in [5.74, 6) is -1.84. The summed E-state index contributed by atoms with van der Waals surface area (Å²) in [6.45, 7) is -0.577. The lowest BCUT2D eigenvalue weighted by Crippen LogP contribution is -2.28. The van der Waals surface area contributed by atoms with Crippen LogP contribution in [0.4, 0.5) is 4.39 Å². The van der Waals surface area contributed by atoms with Crippen LogP contribution in [0.3, 0.4) is 0 Å². The van der Waals surface area contributed by atoms with E-state index in [1.807, 2.05) is 0 Å². The molecule has 0 spiro atoms. The van der Waals surface area contributed by atoms with Crippen molar-refractivity contribution in [3.05, 3.63) is 29.6 Å². The SMILES string of the molecule is Bc1cc(CNC(=O)COCC(=O)O)ccc1F. The van der Waals surface area contributed by atoms with E-state index in [0.29, 0.717) is 5.46 Å². The summed E-state index contributed by atoms with van der Waals surface area (Å²) in [6, 6.07) is 4.53. The summed E-state index contributed by atoms with van der Waals surface area (Å²) < 4.78 is 17.6. The van der Waals surface area contributed by atoms with Gasteiger partial charge in [-0.3, -0.25) is 4.79 Å². The molecule has 0 saturated carbocycles. The molecule has 0 unspecified atom stereocenters. The monoisotopic (exact) mass is 253 g/mol. The molecule has 0 aliphatic carbocycles. The number of carbonyl (C=O) groups is 2. The largest absolute Gasteiger partial charge is 0.480 e. The number of hydrogen-bond donors (Lipinski definition) is 2. The second-order valence-corrected chi connectivity index (χ2v) is 3.75. The normalized spacial score (nSPS) is 10.1. The van der Waals surface area contributed by atoms with E-state index in [1.54, 1.807) is 20.0 Å². The van der Waals surface area contributed by atoms with Crippen LogP contribution in [0.1, 0.15) is 5.56 Å². The van der Waals surface area contributed by atoms with Gasteiger partial charge in [0.05, 0.1) is 0 Å². The maximum absolute atomic E-state index is 13.0. The number of carboxylic acid groups (broad SMARTS) is 1. The molecule has 0 fully saturated rings. The van der Waals surface area contributed by atoms with E-state index >= 15 is 0 Å². The van der Waals surface area contributed by atoms with Crippen molar-refractivity contribution in [3.8, 4) is 0 Å². The molecule has 1 rings (SSSR count). The highest BCUT2D eigenvalue weighted by molar-refractivity contribution is 6.32. The second-order valence-electron chi connectivity index (χ2n) is 3.75. The third-order valence-corrected chi connectivity index (χ3v) is 2.17. The Morgan fingerprint density at radius 1 is 1.39 bits per heavy atom. The number of carbonyl (C=O) groups excluding carboxylic acids is 1. The zero-order valence-electron chi connectivity index (χ0n) is 9.90. The van der Waals surface area contributed by atoms with Crippen LogP contribution in [0.2, 0.25) is 0 Å². The molecule has 0 aliphatic heterocycles. The lowest BCUT2D eigenvalue weighted by Gasteiger charge is -2.06. The van der Waals surface area contributed by atoms with Crippen molar-refractivity contribution in [1.29, 1.82) is 0 Å². The van der Waals surface area contributed by atoms with Crippen LogP contribution < -0.4 is 10.8 Å². The van der Waals surface area contributed by atoms with Crippen molar-refractivity contribution in [1.82, 2.24) is 5.32 Å². The standard InChI is InChI=1S/C11H13BFNO4/c12-8-3-7(1-2-9(8)13)4-14-10(15)5-18-6-11(16)17/h1-3H,4-6,12H2,(H,14,15)(H,16,17). The van der Waals surface area contributed by atoms with E-state index < -0.39 is 18.5 Å². The fraction of sp³-hybridized carbons (Fsp3) is 0.273. The highest BCUT2D eigenvalue weighted by Crippen LogP contribution is 1.99. The molecule has 0 aliphatic rings. The Labute approximate surface area is 104 Å². The summed E-state index contributed by atoms with van der Waals surface area (Å²) in [5, 5.41) is 10.8. The Bertz CT molecular complexity index is 453. The first-order valence-electron chi connectivity index (χ1n) is 5.30. The van der Waals surface area contributed by atoms with Crippen LogP contribution in [0, 0.1) is 5.82 Å². The molecule has 1 amide bonds. The molecule has 0 atom stereocenters. The molecule has 2 N–H and O–H groups in total. The van der Waals surface area contributed by atoms with Crippen molar-refractivity contribution in [2.75, 3.05) is 13.2 Å². The predicted molar refractivity (Wildman–Crippen MR) is 64.9 cm³/mol. The number of halogens is 1. The van der Waals surface area contributed by atoms with Crippen LogP contribution in [0.5, 0.6) is 0 Å². The average Bonchev–Trinajstić information content (AvgIpc) is 2.30. The molecule has 0 radical (unpaired) electrons. The van der Waals surface area contributed by atoms with Crippen molar-refractivity contribution < 1.29 is 23.8 Å². The number of amides is 1. The third-order valence-electron chi connectivity index (χ3n) is 2.17. The van der Waals surface area contributed by atoms with Crippen molar-refractivity contribution in [3.63, 3.8) is 0 Å². The van der Waals surface area contributed by atoms with E-state index in [-0.39, 0.29) is 19.0 Å². The summed E-state index contributed by atoms with van der Waals surface area (Å²) >= 11 is 0. The van der Waals surface area contributed by atoms with Gasteiger partial charge in [0.2, 0.25) is 5.91 Å². The smallest absolute Gasteiger partial charge is 0.329 e. The van der Waals surface area contributed by atoms with Gasteiger partial charge < -0.3 is 15.2 Å². The average molecular weight is 253 g/mol. The van der Waals surface area contributed by atoms with Gasteiger partial charge in [0, 0.05) is 6.54 Å². The first-order chi connectivity index (χ1) is 8.49. The Kier molecular flexibility index (Phi) is 5.32. The van der Waals surface area contributed by atoms with Crippen LogP contribution in [0.15, 0.2) is 18.2 Å². The fourth-order valence-electron chi connectivity index (χ4n) is 1.30. The Morgan fingerprint density at radius 3 is 2.72 bits per heavy atom. The number of nitrogens with one attached hydrogen (secondary N) is 1. The number of aliphatic carboxylic acids is 1. The quantitative estimate of drug-likeness (QED) is 0.624. The Hall–Kier alpha value is -1.89. The number of hydrogen-bond acceptors (Lipinski definition) is 3. The van der Waals surface area contributed by atoms with Crippen LogP contribution in [-0.2, 0) is 20.9 Å². The van der Waals surface area contributed by atoms with E-state index in [0.717, 1.165) is 5.56 Å². The van der Waals surface area contributed by atoms with Gasteiger partial charge in [-0.1, -0.05) is 17.6 Å². The first-order valence-corrected chi connectivity index (χ1v) is 5.30. The zero-order valence-corrected chi connectivity index (χ0v) is 9.90. The van der Waals surface area contributed by atoms with Gasteiger partial charge in [-0.15, -0.1) is 0 Å². The molecular weight excluding hydrogens is 240 g/mol. The van der Waals surface area contributed by atoms with E-state index in [9.17, 15) is 14.0 Å². The molecule has 18 heavy (non-hydrogen) atoms. The molecule has 0 aromatic heterocycles. The summed E-state index contributed by atoms with van der Waals surface area (Å²) in [4.78, 5) is 21.4. The van der Waals surface area contributed by atoms with Crippen LogP contribution in [0.25, 0.3) is 0 Å². The minimum absolute atomic E-state index is 0.246. The molecule has 0 saturated heterocycles. The minimum atomic E-state index is -1.13. The minimum Gasteiger partial charge on any atom is -0.480 e. The highest BCUT2D eigenvalue weighted by atomic mass is 19.1. The van der Waals surface area contributed by atoms with Gasteiger partial charge in [-0.2, -0.15) is 0 Å². The lowest BCUT2D eigenvalue weighted by molar-refractivity contribution is -0.143. The second kappa shape index (κ2) is 6.75. The molecule has 96 valence electrons. The maximum Gasteiger partial charge on any atom is 0.329 e. The molecule has 0 bridgehead atoms. The first kappa shape index (κ1) is 14.2. The van der Waals surface area contributed by atoms with Crippen LogP contribution >= 0.6 is 0 Å². The molecule has 7 heteroatoms. The van der Waals surface area contributed by atoms with Gasteiger partial charge in [0.15, 0.2) is 0 Å². The van der Waals surface area contributed by atoms with Gasteiger partial charge in [0.25, 0.3) is 0 Å². The number of ether oxygens (including phenoxy) is 1. The highest BCUT2D eigenvalue weighted by Gasteiger charge is 2.04. The summed E-state index contributed by atoms with van der Waals surface area (Å²) in [6.07, 6.45) is 0. The Morgan fingerprint density at radius 2 is 2.11 bits per heavy atom. The van der Waals surface area contributed by atoms with Gasteiger partial charge in [-0.25, -0.2) is 9.18 Å². The number of carboxylic acids is 1. The van der Waals surface area contributed by atoms with Gasteiger partial charge in [-0.05, 0) is 11.6 Å². The van der Waals surface area contributed by atoms with Crippen LogP contribution in [-0.4, -0.2) is 38.0 Å². The molecule has 0 heterocycles. The van der Waals surface area contributed by atoms with E-state index in [2.05, 4.69) is 10.1 Å². The lowest BCUT2D eigenvalue weighted by atomic mass is 9.93.